The molecule has 82 valence electrons. The normalized spacial score (nSPS) is 11.5. The lowest BCUT2D eigenvalue weighted by Gasteiger charge is -2.13. The smallest absolute Gasteiger partial charge is 0.399 e. The van der Waals surface area contributed by atoms with E-state index in [9.17, 15) is 18.0 Å². The summed E-state index contributed by atoms with van der Waals surface area (Å²) in [6, 6.07) is 1.96. The number of rotatable bonds is 1. The molecule has 1 aromatic carbocycles. The molecule has 1 amide bonds. The van der Waals surface area contributed by atoms with E-state index in [0.29, 0.717) is 0 Å². The van der Waals surface area contributed by atoms with Crippen molar-refractivity contribution in [3.05, 3.63) is 27.7 Å². The van der Waals surface area contributed by atoms with E-state index in [-0.39, 0.29) is 10.2 Å². The molecule has 0 saturated carbocycles. The number of benzene rings is 1. The number of alkyl halides is 3. The van der Waals surface area contributed by atoms with E-state index in [1.165, 1.54) is 0 Å². The summed E-state index contributed by atoms with van der Waals surface area (Å²) in [6.07, 6.45) is -4.66. The van der Waals surface area contributed by atoms with Crippen molar-refractivity contribution in [1.29, 1.82) is 0 Å². The van der Waals surface area contributed by atoms with Gasteiger partial charge in [0.25, 0.3) is 0 Å². The maximum atomic E-state index is 12.5. The Balaban J connectivity index is 3.55. The summed E-state index contributed by atoms with van der Waals surface area (Å²) in [4.78, 5) is 10.8. The number of nitrogen functional groups attached to an aromatic ring is 1. The second-order valence-corrected chi connectivity index (χ2v) is 3.64. The van der Waals surface area contributed by atoms with Crippen LogP contribution in [0.5, 0.6) is 0 Å². The Morgan fingerprint density at radius 3 is 2.27 bits per heavy atom. The molecule has 0 fully saturated rings. The molecule has 15 heavy (non-hydrogen) atoms. The zero-order valence-electron chi connectivity index (χ0n) is 7.23. The third kappa shape index (κ3) is 2.41. The first kappa shape index (κ1) is 11.8. The fourth-order valence-corrected chi connectivity index (χ4v) is 1.81. The van der Waals surface area contributed by atoms with Crippen LogP contribution in [-0.4, -0.2) is 5.91 Å². The summed E-state index contributed by atoms with van der Waals surface area (Å²) in [7, 11) is 0. The van der Waals surface area contributed by atoms with Gasteiger partial charge >= 0.3 is 6.18 Å². The minimum Gasteiger partial charge on any atom is -0.399 e. The van der Waals surface area contributed by atoms with Crippen LogP contribution in [0.1, 0.15) is 15.9 Å². The van der Waals surface area contributed by atoms with E-state index in [2.05, 4.69) is 15.9 Å². The predicted octanol–water partition coefficient (Wildman–Crippen LogP) is 2.15. The number of halogens is 4. The molecule has 0 spiro atoms. The highest BCUT2D eigenvalue weighted by Gasteiger charge is 2.37. The molecule has 0 heterocycles. The molecule has 0 atom stereocenters. The molecule has 0 aromatic heterocycles. The van der Waals surface area contributed by atoms with E-state index in [1.54, 1.807) is 0 Å². The van der Waals surface area contributed by atoms with Gasteiger partial charge in [-0.3, -0.25) is 4.79 Å². The second-order valence-electron chi connectivity index (χ2n) is 2.79. The van der Waals surface area contributed by atoms with Crippen molar-refractivity contribution in [3.63, 3.8) is 0 Å². The van der Waals surface area contributed by atoms with Crippen LogP contribution in [0.15, 0.2) is 16.6 Å². The van der Waals surface area contributed by atoms with Gasteiger partial charge in [-0.2, -0.15) is 13.2 Å². The van der Waals surface area contributed by atoms with Crippen molar-refractivity contribution < 1.29 is 18.0 Å². The first-order chi connectivity index (χ1) is 6.73. The van der Waals surface area contributed by atoms with Crippen molar-refractivity contribution in [2.75, 3.05) is 5.73 Å². The minimum absolute atomic E-state index is 0.0312. The van der Waals surface area contributed by atoms with E-state index in [4.69, 9.17) is 11.5 Å². The number of amides is 1. The van der Waals surface area contributed by atoms with E-state index < -0.39 is 23.2 Å². The first-order valence-corrected chi connectivity index (χ1v) is 4.49. The van der Waals surface area contributed by atoms with Gasteiger partial charge in [0.05, 0.1) is 11.1 Å². The van der Waals surface area contributed by atoms with Gasteiger partial charge in [0.2, 0.25) is 5.91 Å². The highest BCUT2D eigenvalue weighted by atomic mass is 79.9. The van der Waals surface area contributed by atoms with E-state index >= 15 is 0 Å². The van der Waals surface area contributed by atoms with Gasteiger partial charge in [0, 0.05) is 10.2 Å². The van der Waals surface area contributed by atoms with Gasteiger partial charge in [-0.25, -0.2) is 0 Å². The van der Waals surface area contributed by atoms with Crippen LogP contribution in [0.4, 0.5) is 18.9 Å². The van der Waals surface area contributed by atoms with Crippen LogP contribution < -0.4 is 11.5 Å². The summed E-state index contributed by atoms with van der Waals surface area (Å²) in [5, 5.41) is 0. The standard InChI is InChI=1S/C8H6BrF3N2O/c9-5-2-3(13)1-4(7(14)15)6(5)8(10,11)12/h1-2H,13H2,(H2,14,15). The topological polar surface area (TPSA) is 69.1 Å². The van der Waals surface area contributed by atoms with Gasteiger partial charge in [-0.05, 0) is 12.1 Å². The number of nitrogens with two attached hydrogens (primary N) is 2. The van der Waals surface area contributed by atoms with Crippen molar-refractivity contribution in [2.24, 2.45) is 5.73 Å². The van der Waals surface area contributed by atoms with E-state index in [1.807, 2.05) is 0 Å². The van der Waals surface area contributed by atoms with E-state index in [0.717, 1.165) is 12.1 Å². The minimum atomic E-state index is -4.66. The lowest BCUT2D eigenvalue weighted by Crippen LogP contribution is -2.19. The van der Waals surface area contributed by atoms with Crippen LogP contribution in [-0.2, 0) is 6.18 Å². The van der Waals surface area contributed by atoms with Crippen LogP contribution in [0.2, 0.25) is 0 Å². The average Bonchev–Trinajstić information content (AvgIpc) is 1.99. The molecule has 0 unspecified atom stereocenters. The molecule has 4 N–H and O–H groups in total. The number of primary amides is 1. The fourth-order valence-electron chi connectivity index (χ4n) is 1.11. The molecule has 1 rings (SSSR count). The largest absolute Gasteiger partial charge is 0.418 e. The summed E-state index contributed by atoms with van der Waals surface area (Å²) >= 11 is 2.69. The Morgan fingerprint density at radius 2 is 1.87 bits per heavy atom. The quantitative estimate of drug-likeness (QED) is 0.775. The summed E-state index contributed by atoms with van der Waals surface area (Å²) in [5.41, 5.74) is 8.42. The lowest BCUT2D eigenvalue weighted by molar-refractivity contribution is -0.138. The van der Waals surface area contributed by atoms with Crippen LogP contribution in [0.3, 0.4) is 0 Å². The number of carbonyl (C=O) groups excluding carboxylic acids is 1. The molecule has 7 heteroatoms. The Bertz CT molecular complexity index is 417. The van der Waals surface area contributed by atoms with Crippen molar-refractivity contribution in [2.45, 2.75) is 6.18 Å². The summed E-state index contributed by atoms with van der Waals surface area (Å²) in [6.45, 7) is 0. The van der Waals surface area contributed by atoms with Crippen LogP contribution in [0.25, 0.3) is 0 Å². The number of carbonyl (C=O) groups is 1. The predicted molar refractivity (Wildman–Crippen MR) is 52.1 cm³/mol. The maximum absolute atomic E-state index is 12.5. The van der Waals surface area contributed by atoms with Crippen LogP contribution >= 0.6 is 15.9 Å². The molecule has 0 saturated heterocycles. The Morgan fingerprint density at radius 1 is 1.33 bits per heavy atom. The molecule has 1 aromatic rings. The van der Waals surface area contributed by atoms with Gasteiger partial charge in [-0.15, -0.1) is 0 Å². The highest BCUT2D eigenvalue weighted by Crippen LogP contribution is 2.38. The lowest BCUT2D eigenvalue weighted by atomic mass is 10.1. The second kappa shape index (κ2) is 3.73. The number of hydrogen-bond acceptors (Lipinski definition) is 2. The Hall–Kier alpha value is -1.24. The molecule has 0 aliphatic heterocycles. The van der Waals surface area contributed by atoms with Gasteiger partial charge in [0.1, 0.15) is 0 Å². The molecular weight excluding hydrogens is 277 g/mol. The highest BCUT2D eigenvalue weighted by molar-refractivity contribution is 9.10. The maximum Gasteiger partial charge on any atom is 0.418 e. The third-order valence-electron chi connectivity index (χ3n) is 1.66. The number of anilines is 1. The zero-order chi connectivity index (χ0) is 11.8. The molecule has 3 nitrogen and oxygen atoms in total. The Kier molecular flexibility index (Phi) is 2.94. The number of hydrogen-bond donors (Lipinski definition) is 2. The van der Waals surface area contributed by atoms with Crippen molar-refractivity contribution >= 4 is 27.5 Å². The van der Waals surface area contributed by atoms with Crippen LogP contribution in [0, 0.1) is 0 Å². The molecular formula is C8H6BrF3N2O. The summed E-state index contributed by atoms with van der Waals surface area (Å²) < 4.78 is 37.3. The fraction of sp³-hybridized carbons (Fsp3) is 0.125. The van der Waals surface area contributed by atoms with Gasteiger partial charge in [0.15, 0.2) is 0 Å². The molecule has 0 aliphatic rings. The SMILES string of the molecule is NC(=O)c1cc(N)cc(Br)c1C(F)(F)F. The third-order valence-corrected chi connectivity index (χ3v) is 2.29. The first-order valence-electron chi connectivity index (χ1n) is 3.69. The van der Waals surface area contributed by atoms with Gasteiger partial charge in [-0.1, -0.05) is 15.9 Å². The average molecular weight is 283 g/mol. The molecule has 0 bridgehead atoms. The monoisotopic (exact) mass is 282 g/mol. The zero-order valence-corrected chi connectivity index (χ0v) is 8.82. The van der Waals surface area contributed by atoms with Crippen molar-refractivity contribution in [3.8, 4) is 0 Å². The van der Waals surface area contributed by atoms with Crippen molar-refractivity contribution in [1.82, 2.24) is 0 Å². The van der Waals surface area contributed by atoms with Gasteiger partial charge < -0.3 is 11.5 Å². The molecule has 0 aliphatic carbocycles. The summed E-state index contributed by atoms with van der Waals surface area (Å²) in [5.74, 6) is -1.17. The molecule has 0 radical (unpaired) electrons. The Labute approximate surface area is 91.4 Å².